The number of nitrogens with one attached hydrogen (secondary N) is 2. The van der Waals surface area contributed by atoms with Crippen LogP contribution in [0.3, 0.4) is 0 Å². The molecular formula is C12H13ClN4O. The molecule has 0 unspecified atom stereocenters. The molecule has 1 aromatic heterocycles. The van der Waals surface area contributed by atoms with Crippen molar-refractivity contribution in [3.05, 3.63) is 47.0 Å². The van der Waals surface area contributed by atoms with Crippen LogP contribution in [0.5, 0.6) is 0 Å². The van der Waals surface area contributed by atoms with E-state index in [-0.39, 0.29) is 5.91 Å². The molecule has 6 heteroatoms. The highest BCUT2D eigenvalue weighted by Gasteiger charge is 2.07. The largest absolute Gasteiger partial charge is 0.398 e. The summed E-state index contributed by atoms with van der Waals surface area (Å²) in [4.78, 5) is 18.8. The number of halogens is 1. The fourth-order valence-electron chi connectivity index (χ4n) is 1.50. The highest BCUT2D eigenvalue weighted by molar-refractivity contribution is 6.33. The number of nitrogens with two attached hydrogens (primary N) is 1. The van der Waals surface area contributed by atoms with Gasteiger partial charge in [-0.05, 0) is 18.2 Å². The first-order chi connectivity index (χ1) is 8.66. The van der Waals surface area contributed by atoms with Gasteiger partial charge in [0.1, 0.15) is 5.82 Å². The van der Waals surface area contributed by atoms with Gasteiger partial charge < -0.3 is 16.0 Å². The predicted octanol–water partition coefficient (Wildman–Crippen LogP) is 1.62. The number of carbonyl (C=O) groups excluding carboxylic acids is 1. The number of aromatic amines is 1. The van der Waals surface area contributed by atoms with Gasteiger partial charge in [-0.3, -0.25) is 4.79 Å². The van der Waals surface area contributed by atoms with E-state index in [0.29, 0.717) is 29.2 Å². The van der Waals surface area contributed by atoms with Gasteiger partial charge in [0, 0.05) is 30.9 Å². The average Bonchev–Trinajstić information content (AvgIpc) is 2.85. The molecule has 1 aromatic carbocycles. The fraction of sp³-hybridized carbons (Fsp3) is 0.167. The Hall–Kier alpha value is -2.01. The van der Waals surface area contributed by atoms with E-state index in [1.165, 1.54) is 0 Å². The predicted molar refractivity (Wildman–Crippen MR) is 70.5 cm³/mol. The lowest BCUT2D eigenvalue weighted by Gasteiger charge is -2.05. The van der Waals surface area contributed by atoms with Gasteiger partial charge in [0.05, 0.1) is 10.7 Å². The Balaban J connectivity index is 1.89. The van der Waals surface area contributed by atoms with Crippen LogP contribution in [0.2, 0.25) is 5.02 Å². The summed E-state index contributed by atoms with van der Waals surface area (Å²) < 4.78 is 0. The molecular weight excluding hydrogens is 252 g/mol. The van der Waals surface area contributed by atoms with E-state index in [0.717, 1.165) is 5.82 Å². The number of nitrogens with zero attached hydrogens (tertiary/aromatic N) is 1. The molecule has 0 radical (unpaired) electrons. The SMILES string of the molecule is Nc1ccc(C(=O)NCCc2ncc[nH]2)cc1Cl. The third-order valence-electron chi connectivity index (χ3n) is 2.46. The van der Waals surface area contributed by atoms with E-state index in [9.17, 15) is 4.79 Å². The van der Waals surface area contributed by atoms with Gasteiger partial charge in [-0.1, -0.05) is 11.6 Å². The maximum absolute atomic E-state index is 11.8. The van der Waals surface area contributed by atoms with Gasteiger partial charge >= 0.3 is 0 Å². The number of hydrogen-bond donors (Lipinski definition) is 3. The summed E-state index contributed by atoms with van der Waals surface area (Å²) in [5.74, 6) is 0.661. The second-order valence-electron chi connectivity index (χ2n) is 3.78. The normalized spacial score (nSPS) is 10.3. The van der Waals surface area contributed by atoms with E-state index < -0.39 is 0 Å². The zero-order valence-electron chi connectivity index (χ0n) is 9.61. The number of aromatic nitrogens is 2. The lowest BCUT2D eigenvalue weighted by atomic mass is 10.2. The summed E-state index contributed by atoms with van der Waals surface area (Å²) in [6.07, 6.45) is 4.08. The fourth-order valence-corrected chi connectivity index (χ4v) is 1.68. The number of H-pyrrole nitrogens is 1. The van der Waals surface area contributed by atoms with Gasteiger partial charge in [-0.2, -0.15) is 0 Å². The molecule has 0 aliphatic heterocycles. The number of anilines is 1. The Morgan fingerprint density at radius 1 is 1.50 bits per heavy atom. The van der Waals surface area contributed by atoms with Crippen molar-refractivity contribution in [2.75, 3.05) is 12.3 Å². The minimum atomic E-state index is -0.177. The second kappa shape index (κ2) is 5.55. The first-order valence-corrected chi connectivity index (χ1v) is 5.86. The highest BCUT2D eigenvalue weighted by atomic mass is 35.5. The minimum absolute atomic E-state index is 0.177. The van der Waals surface area contributed by atoms with Crippen molar-refractivity contribution in [3.8, 4) is 0 Å². The molecule has 1 heterocycles. The number of benzene rings is 1. The van der Waals surface area contributed by atoms with Crippen LogP contribution < -0.4 is 11.1 Å². The molecule has 4 N–H and O–H groups in total. The molecule has 2 rings (SSSR count). The number of carbonyl (C=O) groups is 1. The van der Waals surface area contributed by atoms with Crippen molar-refractivity contribution >= 4 is 23.2 Å². The third-order valence-corrected chi connectivity index (χ3v) is 2.79. The molecule has 0 aliphatic carbocycles. The van der Waals surface area contributed by atoms with Gasteiger partial charge in [0.25, 0.3) is 5.91 Å². The van der Waals surface area contributed by atoms with Crippen LogP contribution in [0.1, 0.15) is 16.2 Å². The van der Waals surface area contributed by atoms with Crippen molar-refractivity contribution in [2.45, 2.75) is 6.42 Å². The highest BCUT2D eigenvalue weighted by Crippen LogP contribution is 2.19. The van der Waals surface area contributed by atoms with Crippen LogP contribution >= 0.6 is 11.6 Å². The Bertz CT molecular complexity index is 539. The van der Waals surface area contributed by atoms with E-state index in [2.05, 4.69) is 15.3 Å². The van der Waals surface area contributed by atoms with Crippen molar-refractivity contribution in [1.29, 1.82) is 0 Å². The molecule has 0 atom stereocenters. The summed E-state index contributed by atoms with van der Waals surface area (Å²) in [6, 6.07) is 4.81. The van der Waals surface area contributed by atoms with Crippen LogP contribution in [0.4, 0.5) is 5.69 Å². The summed E-state index contributed by atoms with van der Waals surface area (Å²) in [6.45, 7) is 0.508. The van der Waals surface area contributed by atoms with E-state index >= 15 is 0 Å². The number of amides is 1. The molecule has 0 fully saturated rings. The van der Waals surface area contributed by atoms with Crippen LogP contribution in [-0.2, 0) is 6.42 Å². The molecule has 18 heavy (non-hydrogen) atoms. The third kappa shape index (κ3) is 3.01. The maximum atomic E-state index is 11.8. The lowest BCUT2D eigenvalue weighted by Crippen LogP contribution is -2.25. The first kappa shape index (κ1) is 12.4. The monoisotopic (exact) mass is 264 g/mol. The summed E-state index contributed by atoms with van der Waals surface area (Å²) >= 11 is 5.85. The van der Waals surface area contributed by atoms with Gasteiger partial charge in [0.2, 0.25) is 0 Å². The number of imidazole rings is 1. The average molecular weight is 265 g/mol. The van der Waals surface area contributed by atoms with Crippen molar-refractivity contribution in [2.24, 2.45) is 0 Å². The number of hydrogen-bond acceptors (Lipinski definition) is 3. The molecule has 0 spiro atoms. The molecule has 0 aliphatic rings. The van der Waals surface area contributed by atoms with E-state index in [4.69, 9.17) is 17.3 Å². The summed E-state index contributed by atoms with van der Waals surface area (Å²) in [5.41, 5.74) is 6.53. The zero-order valence-corrected chi connectivity index (χ0v) is 10.4. The van der Waals surface area contributed by atoms with Crippen molar-refractivity contribution in [1.82, 2.24) is 15.3 Å². The molecule has 0 saturated heterocycles. The molecule has 0 bridgehead atoms. The maximum Gasteiger partial charge on any atom is 0.251 e. The Kier molecular flexibility index (Phi) is 3.84. The molecule has 94 valence electrons. The molecule has 0 saturated carbocycles. The van der Waals surface area contributed by atoms with E-state index in [1.54, 1.807) is 30.6 Å². The Morgan fingerprint density at radius 3 is 3.00 bits per heavy atom. The standard InChI is InChI=1S/C12H13ClN4O/c13-9-7-8(1-2-10(9)14)12(18)17-4-3-11-15-5-6-16-11/h1-2,5-7H,3-4,14H2,(H,15,16)(H,17,18). The Labute approximate surface area is 109 Å². The minimum Gasteiger partial charge on any atom is -0.398 e. The lowest BCUT2D eigenvalue weighted by molar-refractivity contribution is 0.0954. The first-order valence-electron chi connectivity index (χ1n) is 5.48. The quantitative estimate of drug-likeness (QED) is 0.734. The summed E-state index contributed by atoms with van der Waals surface area (Å²) in [7, 11) is 0. The van der Waals surface area contributed by atoms with Crippen LogP contribution in [0.25, 0.3) is 0 Å². The van der Waals surface area contributed by atoms with Crippen LogP contribution in [0, 0.1) is 0 Å². The molecule has 5 nitrogen and oxygen atoms in total. The smallest absolute Gasteiger partial charge is 0.251 e. The second-order valence-corrected chi connectivity index (χ2v) is 4.19. The summed E-state index contributed by atoms with van der Waals surface area (Å²) in [5, 5.41) is 3.17. The van der Waals surface area contributed by atoms with Crippen molar-refractivity contribution in [3.63, 3.8) is 0 Å². The van der Waals surface area contributed by atoms with Gasteiger partial charge in [0.15, 0.2) is 0 Å². The van der Waals surface area contributed by atoms with Gasteiger partial charge in [-0.25, -0.2) is 4.98 Å². The molecule has 1 amide bonds. The Morgan fingerprint density at radius 2 is 2.33 bits per heavy atom. The van der Waals surface area contributed by atoms with Crippen LogP contribution in [-0.4, -0.2) is 22.4 Å². The zero-order chi connectivity index (χ0) is 13.0. The number of rotatable bonds is 4. The van der Waals surface area contributed by atoms with Crippen molar-refractivity contribution < 1.29 is 4.79 Å². The van der Waals surface area contributed by atoms with Crippen LogP contribution in [0.15, 0.2) is 30.6 Å². The molecule has 2 aromatic rings. The van der Waals surface area contributed by atoms with Gasteiger partial charge in [-0.15, -0.1) is 0 Å². The topological polar surface area (TPSA) is 83.8 Å². The van der Waals surface area contributed by atoms with E-state index in [1.807, 2.05) is 0 Å². The number of nitrogen functional groups attached to an aromatic ring is 1.